The zero-order valence-electron chi connectivity index (χ0n) is 9.40. The van der Waals surface area contributed by atoms with E-state index in [-0.39, 0.29) is 0 Å². The van der Waals surface area contributed by atoms with Crippen LogP contribution in [-0.4, -0.2) is 31.3 Å². The second kappa shape index (κ2) is 6.08. The van der Waals surface area contributed by atoms with Gasteiger partial charge in [-0.05, 0) is 41.9 Å². The van der Waals surface area contributed by atoms with E-state index in [0.29, 0.717) is 12.6 Å². The van der Waals surface area contributed by atoms with Crippen molar-refractivity contribution in [2.75, 3.05) is 25.2 Å². The third-order valence-corrected chi connectivity index (χ3v) is 2.76. The summed E-state index contributed by atoms with van der Waals surface area (Å²) < 4.78 is 6.15. The molecule has 1 unspecified atom stereocenters. The second-order valence-electron chi connectivity index (χ2n) is 3.42. The van der Waals surface area contributed by atoms with Crippen LogP contribution in [-0.2, 0) is 4.74 Å². The fourth-order valence-electron chi connectivity index (χ4n) is 1.57. The van der Waals surface area contributed by atoms with Crippen molar-refractivity contribution >= 4 is 21.7 Å². The maximum atomic E-state index is 5.15. The molecule has 0 radical (unpaired) electrons. The number of hydrogen-bond acceptors (Lipinski definition) is 3. The van der Waals surface area contributed by atoms with Crippen LogP contribution in [0.2, 0.25) is 0 Å². The van der Waals surface area contributed by atoms with Crippen molar-refractivity contribution in [2.24, 2.45) is 0 Å². The summed E-state index contributed by atoms with van der Waals surface area (Å²) in [6.07, 6.45) is 1.82. The van der Waals surface area contributed by atoms with Crippen LogP contribution < -0.4 is 4.90 Å². The highest BCUT2D eigenvalue weighted by Crippen LogP contribution is 2.16. The predicted molar refractivity (Wildman–Crippen MR) is 66.3 cm³/mol. The summed E-state index contributed by atoms with van der Waals surface area (Å²) >= 11 is 3.38. The molecule has 0 saturated heterocycles. The first kappa shape index (κ1) is 12.5. The van der Waals surface area contributed by atoms with Crippen molar-refractivity contribution in [2.45, 2.75) is 19.9 Å². The zero-order chi connectivity index (χ0) is 11.3. The third kappa shape index (κ3) is 3.47. The minimum Gasteiger partial charge on any atom is -0.383 e. The van der Waals surface area contributed by atoms with Crippen LogP contribution in [0.3, 0.4) is 0 Å². The molecular formula is C11H17BrN2O. The molecule has 4 heteroatoms. The van der Waals surface area contributed by atoms with Crippen LogP contribution in [0, 0.1) is 0 Å². The number of rotatable bonds is 5. The fourth-order valence-corrected chi connectivity index (χ4v) is 1.80. The van der Waals surface area contributed by atoms with Crippen molar-refractivity contribution in [1.82, 2.24) is 4.98 Å². The van der Waals surface area contributed by atoms with E-state index in [4.69, 9.17) is 4.74 Å². The Bertz CT molecular complexity index is 289. The number of anilines is 1. The number of aromatic nitrogens is 1. The number of halogens is 1. The lowest BCUT2D eigenvalue weighted by Crippen LogP contribution is -2.36. The average molecular weight is 273 g/mol. The molecule has 15 heavy (non-hydrogen) atoms. The lowest BCUT2D eigenvalue weighted by atomic mass is 10.3. The van der Waals surface area contributed by atoms with Crippen LogP contribution in [0.15, 0.2) is 22.8 Å². The molecule has 0 N–H and O–H groups in total. The summed E-state index contributed by atoms with van der Waals surface area (Å²) in [7, 11) is 1.72. The first-order valence-electron chi connectivity index (χ1n) is 5.06. The van der Waals surface area contributed by atoms with Gasteiger partial charge in [-0.3, -0.25) is 0 Å². The minimum absolute atomic E-state index is 0.341. The largest absolute Gasteiger partial charge is 0.383 e. The summed E-state index contributed by atoms with van der Waals surface area (Å²) in [4.78, 5) is 6.59. The maximum Gasteiger partial charge on any atom is 0.128 e. The fraction of sp³-hybridized carbons (Fsp3) is 0.545. The summed E-state index contributed by atoms with van der Waals surface area (Å²) in [6, 6.07) is 4.36. The van der Waals surface area contributed by atoms with Gasteiger partial charge in [0.05, 0.1) is 12.6 Å². The molecule has 84 valence electrons. The highest BCUT2D eigenvalue weighted by Gasteiger charge is 2.13. The Labute approximate surface area is 99.6 Å². The summed E-state index contributed by atoms with van der Waals surface area (Å²) in [5, 5.41) is 0. The molecule has 0 saturated carbocycles. The smallest absolute Gasteiger partial charge is 0.128 e. The van der Waals surface area contributed by atoms with Gasteiger partial charge in [-0.1, -0.05) is 0 Å². The van der Waals surface area contributed by atoms with Gasteiger partial charge >= 0.3 is 0 Å². The Balaban J connectivity index is 2.77. The Hall–Kier alpha value is -0.610. The van der Waals surface area contributed by atoms with E-state index < -0.39 is 0 Å². The van der Waals surface area contributed by atoms with Crippen molar-refractivity contribution in [1.29, 1.82) is 0 Å². The van der Waals surface area contributed by atoms with Gasteiger partial charge in [0.25, 0.3) is 0 Å². The second-order valence-corrected chi connectivity index (χ2v) is 4.34. The molecule has 3 nitrogen and oxygen atoms in total. The third-order valence-electron chi connectivity index (χ3n) is 2.29. The van der Waals surface area contributed by atoms with Crippen LogP contribution in [0.5, 0.6) is 0 Å². The van der Waals surface area contributed by atoms with Gasteiger partial charge < -0.3 is 9.64 Å². The zero-order valence-corrected chi connectivity index (χ0v) is 11.0. The van der Waals surface area contributed by atoms with Gasteiger partial charge in [-0.25, -0.2) is 4.98 Å². The monoisotopic (exact) mass is 272 g/mol. The molecule has 0 amide bonds. The van der Waals surface area contributed by atoms with Gasteiger partial charge in [0.15, 0.2) is 0 Å². The number of hydrogen-bond donors (Lipinski definition) is 0. The van der Waals surface area contributed by atoms with Crippen LogP contribution in [0.4, 0.5) is 5.82 Å². The van der Waals surface area contributed by atoms with Crippen molar-refractivity contribution < 1.29 is 4.74 Å². The summed E-state index contributed by atoms with van der Waals surface area (Å²) in [5.74, 6) is 0.991. The molecule has 1 aromatic rings. The van der Waals surface area contributed by atoms with Gasteiger partial charge in [0, 0.05) is 24.3 Å². The maximum absolute atomic E-state index is 5.15. The molecule has 0 aromatic carbocycles. The molecule has 0 aliphatic rings. The first-order valence-corrected chi connectivity index (χ1v) is 5.85. The van der Waals surface area contributed by atoms with E-state index >= 15 is 0 Å². The van der Waals surface area contributed by atoms with E-state index in [0.717, 1.165) is 16.8 Å². The number of methoxy groups -OCH3 is 1. The molecular weight excluding hydrogens is 256 g/mol. The predicted octanol–water partition coefficient (Wildman–Crippen LogP) is 2.71. The van der Waals surface area contributed by atoms with Gasteiger partial charge in [-0.2, -0.15) is 0 Å². The molecule has 0 spiro atoms. The molecule has 0 fully saturated rings. The Kier molecular flexibility index (Phi) is 5.05. The van der Waals surface area contributed by atoms with E-state index in [1.54, 1.807) is 7.11 Å². The van der Waals surface area contributed by atoms with Crippen molar-refractivity contribution in [3.05, 3.63) is 22.8 Å². The first-order chi connectivity index (χ1) is 7.19. The van der Waals surface area contributed by atoms with Gasteiger partial charge in [-0.15, -0.1) is 0 Å². The van der Waals surface area contributed by atoms with Crippen LogP contribution >= 0.6 is 15.9 Å². The van der Waals surface area contributed by atoms with Crippen LogP contribution in [0.25, 0.3) is 0 Å². The number of ether oxygens (including phenoxy) is 1. The van der Waals surface area contributed by atoms with Gasteiger partial charge in [0.1, 0.15) is 5.82 Å². The molecule has 1 rings (SSSR count). The quantitative estimate of drug-likeness (QED) is 0.824. The van der Waals surface area contributed by atoms with E-state index in [9.17, 15) is 0 Å². The van der Waals surface area contributed by atoms with Crippen LogP contribution in [0.1, 0.15) is 13.8 Å². The van der Waals surface area contributed by atoms with E-state index in [1.807, 2.05) is 18.3 Å². The molecule has 0 aliphatic carbocycles. The SMILES string of the molecule is CCN(c1ccc(Br)cn1)C(C)COC. The minimum atomic E-state index is 0.341. The molecule has 0 aliphatic heterocycles. The van der Waals surface area contributed by atoms with E-state index in [2.05, 4.69) is 39.7 Å². The average Bonchev–Trinajstić information content (AvgIpc) is 2.22. The number of nitrogens with zero attached hydrogens (tertiary/aromatic N) is 2. The molecule has 1 heterocycles. The normalized spacial score (nSPS) is 12.5. The molecule has 0 bridgehead atoms. The highest BCUT2D eigenvalue weighted by molar-refractivity contribution is 9.10. The Morgan fingerprint density at radius 1 is 1.53 bits per heavy atom. The lowest BCUT2D eigenvalue weighted by Gasteiger charge is -2.28. The molecule has 1 aromatic heterocycles. The van der Waals surface area contributed by atoms with E-state index in [1.165, 1.54) is 0 Å². The Morgan fingerprint density at radius 3 is 2.73 bits per heavy atom. The Morgan fingerprint density at radius 2 is 2.27 bits per heavy atom. The van der Waals surface area contributed by atoms with Crippen molar-refractivity contribution in [3.63, 3.8) is 0 Å². The topological polar surface area (TPSA) is 25.4 Å². The van der Waals surface area contributed by atoms with Gasteiger partial charge in [0.2, 0.25) is 0 Å². The standard InChI is InChI=1S/C11H17BrN2O/c1-4-14(9(2)8-15-3)11-6-5-10(12)7-13-11/h5-7,9H,4,8H2,1-3H3. The number of likely N-dealkylation sites (N-methyl/N-ethyl adjacent to an activating group) is 1. The highest BCUT2D eigenvalue weighted by atomic mass is 79.9. The lowest BCUT2D eigenvalue weighted by molar-refractivity contribution is 0.181. The number of pyridine rings is 1. The summed E-state index contributed by atoms with van der Waals surface area (Å²) in [6.45, 7) is 5.90. The summed E-state index contributed by atoms with van der Waals surface area (Å²) in [5.41, 5.74) is 0. The molecule has 1 atom stereocenters. The van der Waals surface area contributed by atoms with Crippen molar-refractivity contribution in [3.8, 4) is 0 Å².